The second-order valence-electron chi connectivity index (χ2n) is 3.00. The molecule has 0 bridgehead atoms. The summed E-state index contributed by atoms with van der Waals surface area (Å²) in [7, 11) is 0. The topological polar surface area (TPSA) is 12.9 Å². The molecule has 0 fully saturated rings. The fourth-order valence-corrected chi connectivity index (χ4v) is 1.42. The van der Waals surface area contributed by atoms with Crippen LogP contribution < -0.4 is 0 Å². The molecule has 1 aliphatic carbocycles. The van der Waals surface area contributed by atoms with Crippen molar-refractivity contribution in [1.82, 2.24) is 4.98 Å². The fraction of sp³-hybridized carbons (Fsp3) is 0.182. The van der Waals surface area contributed by atoms with Gasteiger partial charge in [0.2, 0.25) is 0 Å². The van der Waals surface area contributed by atoms with Gasteiger partial charge in [-0.25, -0.2) is 0 Å². The summed E-state index contributed by atoms with van der Waals surface area (Å²) < 4.78 is 0. The normalized spacial score (nSPS) is 14.1. The lowest BCUT2D eigenvalue weighted by Gasteiger charge is -2.02. The first kappa shape index (κ1) is 7.29. The third kappa shape index (κ3) is 1.18. The van der Waals surface area contributed by atoms with Crippen LogP contribution in [0.2, 0.25) is 0 Å². The number of pyridine rings is 1. The number of rotatable bonds is 0. The van der Waals surface area contributed by atoms with Crippen LogP contribution in [0.4, 0.5) is 0 Å². The van der Waals surface area contributed by atoms with Gasteiger partial charge in [0, 0.05) is 12.4 Å². The monoisotopic (exact) mass is 157 g/mol. The molecule has 60 valence electrons. The lowest BCUT2D eigenvalue weighted by molar-refractivity contribution is 1.25. The van der Waals surface area contributed by atoms with Crippen molar-refractivity contribution in [2.75, 3.05) is 0 Å². The summed E-state index contributed by atoms with van der Waals surface area (Å²) >= 11 is 0. The minimum absolute atomic E-state index is 1.02. The summed E-state index contributed by atoms with van der Waals surface area (Å²) in [5.74, 6) is 0. The first-order chi connectivity index (χ1) is 5.88. The Labute approximate surface area is 72.5 Å². The lowest BCUT2D eigenvalue weighted by Crippen LogP contribution is -1.87. The highest BCUT2D eigenvalue weighted by Gasteiger charge is 2.01. The van der Waals surface area contributed by atoms with Crippen molar-refractivity contribution in [3.05, 3.63) is 41.2 Å². The van der Waals surface area contributed by atoms with E-state index in [2.05, 4.69) is 36.2 Å². The Kier molecular flexibility index (Phi) is 1.78. The number of fused-ring (bicyclic) bond motifs is 1. The van der Waals surface area contributed by atoms with E-state index in [0.29, 0.717) is 0 Å². The van der Waals surface area contributed by atoms with Gasteiger partial charge in [-0.05, 0) is 30.0 Å². The molecule has 1 aliphatic rings. The Morgan fingerprint density at radius 3 is 2.92 bits per heavy atom. The quantitative estimate of drug-likeness (QED) is 0.564. The van der Waals surface area contributed by atoms with Crippen LogP contribution in [0.5, 0.6) is 0 Å². The zero-order chi connectivity index (χ0) is 8.39. The Balaban J connectivity index is 2.65. The Morgan fingerprint density at radius 1 is 1.17 bits per heavy atom. The number of aryl methyl sites for hydroxylation is 1. The van der Waals surface area contributed by atoms with Crippen LogP contribution in [0.25, 0.3) is 12.2 Å². The zero-order valence-electron chi connectivity index (χ0n) is 7.12. The smallest absolute Gasteiger partial charge is 0.0346 e. The second-order valence-corrected chi connectivity index (χ2v) is 3.00. The van der Waals surface area contributed by atoms with Crippen LogP contribution in [0, 0.1) is 6.92 Å². The standard InChI is InChI=1S/C11H11N/c1-9-7-12-8-10-5-3-2-4-6-11(9)10/h3-8H,2H2,1H3. The highest BCUT2D eigenvalue weighted by Crippen LogP contribution is 2.18. The van der Waals surface area contributed by atoms with Gasteiger partial charge in [-0.2, -0.15) is 0 Å². The number of aromatic nitrogens is 1. The lowest BCUT2D eigenvalue weighted by atomic mass is 10.1. The number of hydrogen-bond donors (Lipinski definition) is 0. The SMILES string of the molecule is Cc1cncc2c1C=CCC=C2. The van der Waals surface area contributed by atoms with Crippen molar-refractivity contribution in [2.45, 2.75) is 13.3 Å². The average Bonchev–Trinajstić information content (AvgIpc) is 2.30. The van der Waals surface area contributed by atoms with Gasteiger partial charge >= 0.3 is 0 Å². The number of allylic oxidation sites excluding steroid dienone is 2. The van der Waals surface area contributed by atoms with Crippen LogP contribution in [-0.2, 0) is 0 Å². The minimum Gasteiger partial charge on any atom is -0.264 e. The fourth-order valence-electron chi connectivity index (χ4n) is 1.42. The minimum atomic E-state index is 1.02. The van der Waals surface area contributed by atoms with Gasteiger partial charge in [-0.3, -0.25) is 4.98 Å². The molecule has 2 rings (SSSR count). The van der Waals surface area contributed by atoms with Crippen LogP contribution in [0.15, 0.2) is 24.5 Å². The average molecular weight is 157 g/mol. The van der Waals surface area contributed by atoms with Crippen molar-refractivity contribution in [3.63, 3.8) is 0 Å². The molecule has 0 aromatic carbocycles. The van der Waals surface area contributed by atoms with Gasteiger partial charge in [0.15, 0.2) is 0 Å². The van der Waals surface area contributed by atoms with Gasteiger partial charge < -0.3 is 0 Å². The second kappa shape index (κ2) is 2.94. The molecule has 0 aliphatic heterocycles. The predicted molar refractivity (Wildman–Crippen MR) is 51.7 cm³/mol. The van der Waals surface area contributed by atoms with Gasteiger partial charge in [0.25, 0.3) is 0 Å². The van der Waals surface area contributed by atoms with Gasteiger partial charge in [0.05, 0.1) is 0 Å². The molecule has 1 nitrogen and oxygen atoms in total. The summed E-state index contributed by atoms with van der Waals surface area (Å²) in [4.78, 5) is 4.15. The first-order valence-electron chi connectivity index (χ1n) is 4.15. The van der Waals surface area contributed by atoms with Crippen LogP contribution in [0.1, 0.15) is 23.1 Å². The third-order valence-electron chi connectivity index (χ3n) is 2.07. The molecule has 0 amide bonds. The molecule has 0 saturated heterocycles. The molecule has 0 unspecified atom stereocenters. The van der Waals surface area contributed by atoms with E-state index >= 15 is 0 Å². The van der Waals surface area contributed by atoms with E-state index in [1.807, 2.05) is 12.4 Å². The van der Waals surface area contributed by atoms with Crippen LogP contribution in [0.3, 0.4) is 0 Å². The van der Waals surface area contributed by atoms with Crippen molar-refractivity contribution >= 4 is 12.2 Å². The van der Waals surface area contributed by atoms with Crippen molar-refractivity contribution < 1.29 is 0 Å². The molecule has 1 heteroatoms. The van der Waals surface area contributed by atoms with E-state index in [1.165, 1.54) is 16.7 Å². The molecule has 12 heavy (non-hydrogen) atoms. The summed E-state index contributed by atoms with van der Waals surface area (Å²) in [6.45, 7) is 2.09. The maximum absolute atomic E-state index is 4.15. The molecule has 1 aromatic heterocycles. The Hall–Kier alpha value is -1.37. The Bertz CT molecular complexity index is 348. The molecule has 0 radical (unpaired) electrons. The molecule has 1 heterocycles. The molecular formula is C11H11N. The van der Waals surface area contributed by atoms with Crippen molar-refractivity contribution in [2.24, 2.45) is 0 Å². The summed E-state index contributed by atoms with van der Waals surface area (Å²) in [6, 6.07) is 0. The van der Waals surface area contributed by atoms with Crippen LogP contribution >= 0.6 is 0 Å². The predicted octanol–water partition coefficient (Wildman–Crippen LogP) is 2.82. The summed E-state index contributed by atoms with van der Waals surface area (Å²) in [6.07, 6.45) is 13.5. The number of hydrogen-bond acceptors (Lipinski definition) is 1. The van der Waals surface area contributed by atoms with Crippen molar-refractivity contribution in [1.29, 1.82) is 0 Å². The van der Waals surface area contributed by atoms with E-state index in [9.17, 15) is 0 Å². The first-order valence-corrected chi connectivity index (χ1v) is 4.15. The molecule has 0 atom stereocenters. The maximum atomic E-state index is 4.15. The molecule has 0 saturated carbocycles. The number of nitrogens with zero attached hydrogens (tertiary/aromatic N) is 1. The molecule has 0 N–H and O–H groups in total. The Morgan fingerprint density at radius 2 is 2.00 bits per heavy atom. The maximum Gasteiger partial charge on any atom is 0.0346 e. The van der Waals surface area contributed by atoms with E-state index in [-0.39, 0.29) is 0 Å². The van der Waals surface area contributed by atoms with Gasteiger partial charge in [0.1, 0.15) is 0 Å². The molecule has 1 aromatic rings. The third-order valence-corrected chi connectivity index (χ3v) is 2.07. The van der Waals surface area contributed by atoms with Crippen LogP contribution in [-0.4, -0.2) is 4.98 Å². The van der Waals surface area contributed by atoms with E-state index < -0.39 is 0 Å². The zero-order valence-corrected chi connectivity index (χ0v) is 7.12. The van der Waals surface area contributed by atoms with E-state index in [4.69, 9.17) is 0 Å². The largest absolute Gasteiger partial charge is 0.264 e. The highest BCUT2D eigenvalue weighted by atomic mass is 14.6. The van der Waals surface area contributed by atoms with Gasteiger partial charge in [-0.1, -0.05) is 24.3 Å². The van der Waals surface area contributed by atoms with Crippen molar-refractivity contribution in [3.8, 4) is 0 Å². The van der Waals surface area contributed by atoms with E-state index in [0.717, 1.165) is 6.42 Å². The molecular weight excluding hydrogens is 146 g/mol. The van der Waals surface area contributed by atoms with E-state index in [1.54, 1.807) is 0 Å². The summed E-state index contributed by atoms with van der Waals surface area (Å²) in [5, 5.41) is 0. The molecule has 0 spiro atoms. The highest BCUT2D eigenvalue weighted by molar-refractivity contribution is 5.68. The summed E-state index contributed by atoms with van der Waals surface area (Å²) in [5.41, 5.74) is 3.78. The van der Waals surface area contributed by atoms with Gasteiger partial charge in [-0.15, -0.1) is 0 Å².